The van der Waals surface area contributed by atoms with Gasteiger partial charge in [0, 0.05) is 11.1 Å². The number of nitrogens with one attached hydrogen (secondary N) is 1. The molecule has 0 saturated carbocycles. The maximum Gasteiger partial charge on any atom is 0.274 e. The lowest BCUT2D eigenvalue weighted by Gasteiger charge is -2.02. The Labute approximate surface area is 115 Å². The van der Waals surface area contributed by atoms with Gasteiger partial charge in [0.15, 0.2) is 5.76 Å². The number of hydrogen-bond donors (Lipinski definition) is 1. The van der Waals surface area contributed by atoms with Gasteiger partial charge in [0.25, 0.3) is 5.91 Å². The summed E-state index contributed by atoms with van der Waals surface area (Å²) in [5.74, 6) is 0.335. The zero-order valence-corrected chi connectivity index (χ0v) is 10.8. The van der Waals surface area contributed by atoms with Crippen molar-refractivity contribution in [3.8, 4) is 11.3 Å². The van der Waals surface area contributed by atoms with Gasteiger partial charge < -0.3 is 4.52 Å². The van der Waals surface area contributed by atoms with Crippen molar-refractivity contribution in [1.29, 1.82) is 0 Å². The van der Waals surface area contributed by atoms with Gasteiger partial charge in [0.1, 0.15) is 5.52 Å². The predicted molar refractivity (Wildman–Crippen MR) is 73.9 cm³/mol. The quantitative estimate of drug-likeness (QED) is 0.742. The molecule has 1 aromatic heterocycles. The fourth-order valence-corrected chi connectivity index (χ4v) is 2.03. The summed E-state index contributed by atoms with van der Waals surface area (Å²) in [5, 5.41) is 4.80. The lowest BCUT2D eigenvalue weighted by Crippen LogP contribution is -2.21. The van der Waals surface area contributed by atoms with Crippen molar-refractivity contribution < 1.29 is 14.2 Å². The first-order valence-electron chi connectivity index (χ1n) is 6.08. The first kappa shape index (κ1) is 12.4. The van der Waals surface area contributed by atoms with Gasteiger partial charge in [-0.15, -0.1) is 0 Å². The van der Waals surface area contributed by atoms with E-state index in [0.29, 0.717) is 16.8 Å². The van der Waals surface area contributed by atoms with Crippen LogP contribution < -0.4 is 5.48 Å². The molecule has 0 unspecified atom stereocenters. The smallest absolute Gasteiger partial charge is 0.274 e. The predicted octanol–water partition coefficient (Wildman–Crippen LogP) is 2.79. The van der Waals surface area contributed by atoms with Crippen LogP contribution in [0.15, 0.2) is 53.1 Å². The van der Waals surface area contributed by atoms with Crippen LogP contribution in [0.1, 0.15) is 10.4 Å². The fraction of sp³-hybridized carbons (Fsp3) is 0.0667. The lowest BCUT2D eigenvalue weighted by molar-refractivity contribution is 0.0538. The Morgan fingerprint density at radius 2 is 2.00 bits per heavy atom. The molecule has 0 aliphatic heterocycles. The third-order valence-electron chi connectivity index (χ3n) is 2.97. The van der Waals surface area contributed by atoms with E-state index in [1.165, 1.54) is 7.11 Å². The summed E-state index contributed by atoms with van der Waals surface area (Å²) in [5.41, 5.74) is 4.40. The summed E-state index contributed by atoms with van der Waals surface area (Å²) in [6.45, 7) is 0. The molecule has 2 aromatic carbocycles. The van der Waals surface area contributed by atoms with Crippen molar-refractivity contribution in [3.05, 3.63) is 54.1 Å². The molecule has 20 heavy (non-hydrogen) atoms. The molecule has 1 N–H and O–H groups in total. The van der Waals surface area contributed by atoms with Crippen molar-refractivity contribution in [2.75, 3.05) is 7.11 Å². The highest BCUT2D eigenvalue weighted by Crippen LogP contribution is 2.29. The minimum Gasteiger partial charge on any atom is -0.355 e. The second kappa shape index (κ2) is 5.14. The van der Waals surface area contributed by atoms with Gasteiger partial charge >= 0.3 is 0 Å². The van der Waals surface area contributed by atoms with Gasteiger partial charge in [-0.3, -0.25) is 9.63 Å². The molecule has 0 bridgehead atoms. The Kier molecular flexibility index (Phi) is 3.18. The average Bonchev–Trinajstić information content (AvgIpc) is 2.91. The number of carbonyl (C=O) groups is 1. The molecule has 1 heterocycles. The number of hydrogen-bond acceptors (Lipinski definition) is 4. The molecular weight excluding hydrogens is 256 g/mol. The Morgan fingerprint density at radius 3 is 2.75 bits per heavy atom. The van der Waals surface area contributed by atoms with Crippen LogP contribution in [-0.4, -0.2) is 18.2 Å². The number of fused-ring (bicyclic) bond motifs is 1. The molecule has 0 saturated heterocycles. The molecule has 0 spiro atoms. The van der Waals surface area contributed by atoms with Crippen LogP contribution in [-0.2, 0) is 4.84 Å². The lowest BCUT2D eigenvalue weighted by atomic mass is 10.1. The zero-order chi connectivity index (χ0) is 13.9. The number of aromatic nitrogens is 1. The first-order valence-corrected chi connectivity index (χ1v) is 6.08. The number of amides is 1. The topological polar surface area (TPSA) is 64.4 Å². The molecular formula is C15H12N2O3. The van der Waals surface area contributed by atoms with Crippen molar-refractivity contribution in [2.45, 2.75) is 0 Å². The molecule has 5 nitrogen and oxygen atoms in total. The van der Waals surface area contributed by atoms with Crippen LogP contribution in [0.25, 0.3) is 22.2 Å². The van der Waals surface area contributed by atoms with E-state index >= 15 is 0 Å². The number of rotatable bonds is 3. The van der Waals surface area contributed by atoms with Gasteiger partial charge in [0.05, 0.1) is 12.5 Å². The highest BCUT2D eigenvalue weighted by molar-refractivity contribution is 6.00. The van der Waals surface area contributed by atoms with E-state index < -0.39 is 0 Å². The Bertz CT molecular complexity index is 750. The van der Waals surface area contributed by atoms with Crippen molar-refractivity contribution in [1.82, 2.24) is 10.6 Å². The summed E-state index contributed by atoms with van der Waals surface area (Å²) in [4.78, 5) is 16.4. The third-order valence-corrected chi connectivity index (χ3v) is 2.97. The van der Waals surface area contributed by atoms with E-state index in [2.05, 4.69) is 15.5 Å². The van der Waals surface area contributed by atoms with Crippen LogP contribution in [0.5, 0.6) is 0 Å². The van der Waals surface area contributed by atoms with E-state index in [1.807, 2.05) is 30.3 Å². The van der Waals surface area contributed by atoms with Crippen LogP contribution >= 0.6 is 0 Å². The molecule has 0 atom stereocenters. The van der Waals surface area contributed by atoms with E-state index in [0.717, 1.165) is 10.9 Å². The SMILES string of the molecule is CONC(=O)c1ccc2noc(-c3ccccc3)c2c1. The van der Waals surface area contributed by atoms with E-state index in [1.54, 1.807) is 18.2 Å². The van der Waals surface area contributed by atoms with E-state index in [-0.39, 0.29) is 5.91 Å². The maximum absolute atomic E-state index is 11.8. The monoisotopic (exact) mass is 268 g/mol. The highest BCUT2D eigenvalue weighted by atomic mass is 16.6. The summed E-state index contributed by atoms with van der Waals surface area (Å²) in [6, 6.07) is 14.8. The van der Waals surface area contributed by atoms with Crippen LogP contribution in [0.2, 0.25) is 0 Å². The molecule has 3 rings (SSSR count). The van der Waals surface area contributed by atoms with Crippen LogP contribution in [0, 0.1) is 0 Å². The summed E-state index contributed by atoms with van der Waals surface area (Å²) >= 11 is 0. The molecule has 1 amide bonds. The molecule has 3 aromatic rings. The van der Waals surface area contributed by atoms with Crippen molar-refractivity contribution in [2.24, 2.45) is 0 Å². The molecule has 0 aliphatic carbocycles. The molecule has 5 heteroatoms. The van der Waals surface area contributed by atoms with Crippen molar-refractivity contribution in [3.63, 3.8) is 0 Å². The van der Waals surface area contributed by atoms with Gasteiger partial charge in [0.2, 0.25) is 0 Å². The van der Waals surface area contributed by atoms with Gasteiger partial charge in [-0.05, 0) is 18.2 Å². The van der Waals surface area contributed by atoms with Gasteiger partial charge in [-0.2, -0.15) is 0 Å². The third kappa shape index (κ3) is 2.15. The molecule has 0 aliphatic rings. The number of carbonyl (C=O) groups excluding carboxylic acids is 1. The normalized spacial score (nSPS) is 10.7. The van der Waals surface area contributed by atoms with Crippen molar-refractivity contribution >= 4 is 16.8 Å². The minimum absolute atomic E-state index is 0.311. The molecule has 0 fully saturated rings. The number of benzene rings is 2. The Balaban J connectivity index is 2.11. The number of nitrogens with zero attached hydrogens (tertiary/aromatic N) is 1. The Hall–Kier alpha value is -2.66. The maximum atomic E-state index is 11.8. The molecule has 0 radical (unpaired) electrons. The summed E-state index contributed by atoms with van der Waals surface area (Å²) in [7, 11) is 1.39. The van der Waals surface area contributed by atoms with Gasteiger partial charge in [-0.1, -0.05) is 35.5 Å². The van der Waals surface area contributed by atoms with Crippen LogP contribution in [0.4, 0.5) is 0 Å². The fourth-order valence-electron chi connectivity index (χ4n) is 2.03. The highest BCUT2D eigenvalue weighted by Gasteiger charge is 2.13. The zero-order valence-electron chi connectivity index (χ0n) is 10.8. The second-order valence-electron chi connectivity index (χ2n) is 4.24. The summed E-state index contributed by atoms with van der Waals surface area (Å²) < 4.78 is 5.38. The average molecular weight is 268 g/mol. The van der Waals surface area contributed by atoms with E-state index in [9.17, 15) is 4.79 Å². The summed E-state index contributed by atoms with van der Waals surface area (Å²) in [6.07, 6.45) is 0. The standard InChI is InChI=1S/C15H12N2O3/c1-19-17-15(18)11-7-8-13-12(9-11)14(20-16-13)10-5-3-2-4-6-10/h2-9H,1H3,(H,17,18). The number of hydroxylamine groups is 1. The second-order valence-corrected chi connectivity index (χ2v) is 4.24. The largest absolute Gasteiger partial charge is 0.355 e. The van der Waals surface area contributed by atoms with Gasteiger partial charge in [-0.25, -0.2) is 5.48 Å². The Morgan fingerprint density at radius 1 is 1.20 bits per heavy atom. The van der Waals surface area contributed by atoms with E-state index in [4.69, 9.17) is 4.52 Å². The molecule has 100 valence electrons. The minimum atomic E-state index is -0.311. The first-order chi connectivity index (χ1) is 9.79. The van der Waals surface area contributed by atoms with Crippen LogP contribution in [0.3, 0.4) is 0 Å².